The average molecular weight is 1070 g/mol. The largest absolute Gasteiger partial charge is 0.438 e. The Morgan fingerprint density at radius 2 is 0.785 bits per heavy atom. The van der Waals surface area contributed by atoms with Crippen LogP contribution in [0.4, 0.5) is 0 Å². The number of ketones is 6. The lowest BCUT2D eigenvalue weighted by Gasteiger charge is -2.62. The molecule has 0 aromatic heterocycles. The minimum absolute atomic E-state index is 0.406. The minimum atomic E-state index is -4.59. The number of rotatable bonds is 18. The highest BCUT2D eigenvalue weighted by Gasteiger charge is 2.87. The van der Waals surface area contributed by atoms with Gasteiger partial charge in [0.15, 0.2) is 11.9 Å². The van der Waals surface area contributed by atoms with Crippen molar-refractivity contribution in [1.82, 2.24) is 0 Å². The number of esters is 1. The molecular formula is C61H50O18. The molecule has 18 heteroatoms. The summed E-state index contributed by atoms with van der Waals surface area (Å²) >= 11 is 0. The number of aliphatic hydroxyl groups is 7. The van der Waals surface area contributed by atoms with Crippen LogP contribution in [0.15, 0.2) is 212 Å². The molecule has 2 fully saturated rings. The van der Waals surface area contributed by atoms with E-state index in [0.29, 0.717) is 0 Å². The molecule has 2 aliphatic heterocycles. The van der Waals surface area contributed by atoms with Crippen molar-refractivity contribution >= 4 is 40.7 Å². The van der Waals surface area contributed by atoms with Gasteiger partial charge in [-0.1, -0.05) is 200 Å². The van der Waals surface area contributed by atoms with E-state index in [1.807, 2.05) is 0 Å². The van der Waals surface area contributed by atoms with Gasteiger partial charge in [-0.25, -0.2) is 4.79 Å². The van der Waals surface area contributed by atoms with Crippen LogP contribution in [0, 0.1) is 0 Å². The predicted molar refractivity (Wildman–Crippen MR) is 277 cm³/mol. The number of aliphatic hydroxyl groups excluding tert-OH is 6. The van der Waals surface area contributed by atoms with Crippen LogP contribution in [0.2, 0.25) is 0 Å². The van der Waals surface area contributed by atoms with E-state index in [2.05, 4.69) is 0 Å². The van der Waals surface area contributed by atoms with Gasteiger partial charge < -0.3 is 54.7 Å². The lowest BCUT2D eigenvalue weighted by molar-refractivity contribution is -0.401. The molecule has 2 heterocycles. The first-order chi connectivity index (χ1) is 38.0. The summed E-state index contributed by atoms with van der Waals surface area (Å²) in [6.45, 7) is -1.43. The average Bonchev–Trinajstić information content (AvgIpc) is 3.61. The molecule has 0 bridgehead atoms. The standard InChI is InChI=1S/C61H50O18/c62-36-44-45(63)54(72)59(50(68)40-28-14-4-15-29-40,77-55(73)43-34-20-7-21-35-43)61(76-44,52(70)42-32-18-6-19-33-42)79-58(48(66)38-24-10-2-11-25-38,49(67)39-26-12-3-13-27-39)60(51(69)41-30-16-5-17-31-41)57(75,53(71)46(64)56(74)78-60)47(65)37-22-8-1-9-23-37/h1-35,44-46,53-54,56,62-64,71-72,74-75H,36H2/t44-,45-,46-,53-,54+,56-,57+,59-,60+,61+/m1/s1. The van der Waals surface area contributed by atoms with E-state index in [0.717, 1.165) is 72.8 Å². The molecule has 2 saturated heterocycles. The zero-order chi connectivity index (χ0) is 56.3. The van der Waals surface area contributed by atoms with Gasteiger partial charge in [-0.15, -0.1) is 0 Å². The summed E-state index contributed by atoms with van der Waals surface area (Å²) in [5.41, 5.74) is -21.8. The Bertz CT molecular complexity index is 3320. The molecule has 79 heavy (non-hydrogen) atoms. The topological polar surface area (TPSA) is 298 Å². The van der Waals surface area contributed by atoms with Crippen molar-refractivity contribution in [1.29, 1.82) is 0 Å². The van der Waals surface area contributed by atoms with Crippen LogP contribution in [-0.4, -0.2) is 148 Å². The molecule has 0 aliphatic carbocycles. The molecule has 0 spiro atoms. The van der Waals surface area contributed by atoms with Crippen LogP contribution >= 0.6 is 0 Å². The van der Waals surface area contributed by atoms with Gasteiger partial charge >= 0.3 is 5.97 Å². The molecule has 2 aliphatic rings. The molecule has 7 aromatic rings. The molecule has 10 atom stereocenters. The monoisotopic (exact) mass is 1070 g/mol. The maximum absolute atomic E-state index is 17.1. The first kappa shape index (κ1) is 55.4. The van der Waals surface area contributed by atoms with Gasteiger partial charge in [-0.3, -0.25) is 28.8 Å². The highest BCUT2D eigenvalue weighted by Crippen LogP contribution is 2.57. The fourth-order valence-corrected chi connectivity index (χ4v) is 10.3. The van der Waals surface area contributed by atoms with Crippen LogP contribution in [0.25, 0.3) is 0 Å². The third kappa shape index (κ3) is 8.86. The van der Waals surface area contributed by atoms with Crippen molar-refractivity contribution in [2.24, 2.45) is 0 Å². The van der Waals surface area contributed by atoms with Gasteiger partial charge in [0.05, 0.1) is 12.2 Å². The maximum atomic E-state index is 17.1. The SMILES string of the molecule is O=C(O[C@]1(C(=O)c2ccccc2)[C@@H](O)[C@H](O)[C@@H](CO)O[C@]1(OC(C(=O)c1ccccc1)(C(=O)c1ccccc1)[C@@]1(C(=O)c2ccccc2)O[C@@H](O)[C@H](O)[C@@H](O)[C@@]1(O)C(=O)c1ccccc1)C(=O)c1ccccc1)c1ccccc1. The maximum Gasteiger partial charge on any atom is 0.339 e. The van der Waals surface area contributed by atoms with Crippen LogP contribution in [0.1, 0.15) is 72.5 Å². The number of carbonyl (C=O) groups excluding carboxylic acids is 7. The van der Waals surface area contributed by atoms with E-state index < -0.39 is 151 Å². The summed E-state index contributed by atoms with van der Waals surface area (Å²) in [5, 5.41) is 87.1. The molecule has 0 unspecified atom stereocenters. The van der Waals surface area contributed by atoms with E-state index in [1.54, 1.807) is 0 Å². The number of carbonyl (C=O) groups is 7. The first-order valence-electron chi connectivity index (χ1n) is 24.6. The third-order valence-electron chi connectivity index (χ3n) is 14.2. The number of ether oxygens (including phenoxy) is 4. The van der Waals surface area contributed by atoms with Crippen molar-refractivity contribution in [2.45, 2.75) is 65.0 Å². The number of hydrogen-bond donors (Lipinski definition) is 7. The Morgan fingerprint density at radius 3 is 1.19 bits per heavy atom. The lowest BCUT2D eigenvalue weighted by Crippen LogP contribution is -2.90. The van der Waals surface area contributed by atoms with Crippen molar-refractivity contribution < 1.29 is 88.3 Å². The lowest BCUT2D eigenvalue weighted by atomic mass is 9.56. The first-order valence-corrected chi connectivity index (χ1v) is 24.6. The van der Waals surface area contributed by atoms with Gasteiger partial charge in [0.25, 0.3) is 11.4 Å². The predicted octanol–water partition coefficient (Wildman–Crippen LogP) is 3.98. The van der Waals surface area contributed by atoms with Crippen molar-refractivity contribution in [2.75, 3.05) is 6.61 Å². The Kier molecular flexibility index (Phi) is 15.5. The highest BCUT2D eigenvalue weighted by molar-refractivity contribution is 6.30. The fraction of sp³-hybridized carbons (Fsp3) is 0.197. The second kappa shape index (κ2) is 22.2. The summed E-state index contributed by atoms with van der Waals surface area (Å²) in [7, 11) is 0. The molecule has 0 amide bonds. The zero-order valence-electron chi connectivity index (χ0n) is 41.5. The zero-order valence-corrected chi connectivity index (χ0v) is 41.5. The summed E-state index contributed by atoms with van der Waals surface area (Å²) in [6, 6.07) is 43.2. The Labute approximate surface area is 450 Å². The second-order valence-corrected chi connectivity index (χ2v) is 18.7. The quantitative estimate of drug-likeness (QED) is 0.0363. The van der Waals surface area contributed by atoms with Crippen LogP contribution < -0.4 is 0 Å². The van der Waals surface area contributed by atoms with E-state index in [4.69, 9.17) is 18.9 Å². The van der Waals surface area contributed by atoms with Gasteiger partial charge in [0, 0.05) is 33.4 Å². The summed E-state index contributed by atoms with van der Waals surface area (Å²) < 4.78 is 26.2. The summed E-state index contributed by atoms with van der Waals surface area (Å²) in [6.07, 6.45) is -17.2. The third-order valence-corrected chi connectivity index (χ3v) is 14.2. The molecule has 402 valence electrons. The number of Topliss-reactive ketones (excluding diaryl/α,β-unsaturated/α-hetero) is 6. The second-order valence-electron chi connectivity index (χ2n) is 18.7. The Balaban J connectivity index is 1.58. The highest BCUT2D eigenvalue weighted by atomic mass is 16.8. The van der Waals surface area contributed by atoms with Crippen molar-refractivity contribution in [3.8, 4) is 0 Å². The summed E-state index contributed by atoms with van der Waals surface area (Å²) in [4.78, 5) is 115. The molecule has 9 rings (SSSR count). The van der Waals surface area contributed by atoms with Crippen molar-refractivity contribution in [3.63, 3.8) is 0 Å². The summed E-state index contributed by atoms with van der Waals surface area (Å²) in [5.74, 6) is -16.9. The molecule has 0 saturated carbocycles. The Morgan fingerprint density at radius 1 is 0.430 bits per heavy atom. The number of hydrogen-bond acceptors (Lipinski definition) is 18. The van der Waals surface area contributed by atoms with Crippen LogP contribution in [0.3, 0.4) is 0 Å². The van der Waals surface area contributed by atoms with E-state index in [1.165, 1.54) is 140 Å². The van der Waals surface area contributed by atoms with E-state index in [9.17, 15) is 35.7 Å². The van der Waals surface area contributed by atoms with Gasteiger partial charge in [-0.2, -0.15) is 0 Å². The number of benzene rings is 7. The normalized spacial score (nSPS) is 26.7. The molecule has 7 N–H and O–H groups in total. The van der Waals surface area contributed by atoms with Crippen molar-refractivity contribution in [3.05, 3.63) is 251 Å². The van der Waals surface area contributed by atoms with Gasteiger partial charge in [0.2, 0.25) is 45.9 Å². The van der Waals surface area contributed by atoms with E-state index >= 15 is 33.6 Å². The fourth-order valence-electron chi connectivity index (χ4n) is 10.3. The molecule has 0 radical (unpaired) electrons. The smallest absolute Gasteiger partial charge is 0.339 e. The van der Waals surface area contributed by atoms with E-state index in [-0.39, 0.29) is 0 Å². The molecule has 7 aromatic carbocycles. The van der Waals surface area contributed by atoms with Crippen LogP contribution in [0.5, 0.6) is 0 Å². The van der Waals surface area contributed by atoms with Gasteiger partial charge in [-0.05, 0) is 12.1 Å². The Hall–Kier alpha value is -8.37. The van der Waals surface area contributed by atoms with Gasteiger partial charge in [0.1, 0.15) is 30.5 Å². The molecular weight excluding hydrogens is 1020 g/mol. The van der Waals surface area contributed by atoms with Crippen LogP contribution in [-0.2, 0) is 18.9 Å². The minimum Gasteiger partial charge on any atom is -0.438 e. The molecule has 18 nitrogen and oxygen atoms in total.